The summed E-state index contributed by atoms with van der Waals surface area (Å²) >= 11 is 0. The molecule has 0 amide bonds. The number of hydrogen-bond acceptors (Lipinski definition) is 3. The van der Waals surface area contributed by atoms with Crippen LogP contribution in [0.25, 0.3) is 0 Å². The highest BCUT2D eigenvalue weighted by molar-refractivity contribution is 7.89. The first-order valence-corrected chi connectivity index (χ1v) is 6.35. The molecule has 1 fully saturated rings. The minimum absolute atomic E-state index is 0.0659. The molecule has 4 nitrogen and oxygen atoms in total. The maximum Gasteiger partial charge on any atom is 0.240 e. The molecule has 0 spiro atoms. The molecule has 2 rings (SSSR count). The van der Waals surface area contributed by atoms with Crippen molar-refractivity contribution in [3.05, 3.63) is 24.3 Å². The highest BCUT2D eigenvalue weighted by atomic mass is 32.2. The average Bonchev–Trinajstić information content (AvgIpc) is 2.99. The topological polar surface area (TPSA) is 66.4 Å². The minimum Gasteiger partial charge on any atom is -0.508 e. The van der Waals surface area contributed by atoms with Crippen molar-refractivity contribution in [3.63, 3.8) is 0 Å². The maximum absolute atomic E-state index is 11.7. The lowest BCUT2D eigenvalue weighted by atomic mass is 10.3. The highest BCUT2D eigenvalue weighted by Gasteiger charge is 2.24. The summed E-state index contributed by atoms with van der Waals surface area (Å²) in [6.07, 6.45) is 2.22. The first kappa shape index (κ1) is 10.4. The summed E-state index contributed by atoms with van der Waals surface area (Å²) in [6.45, 7) is 0.517. The number of benzene rings is 1. The Kier molecular flexibility index (Phi) is 2.67. The predicted molar refractivity (Wildman–Crippen MR) is 56.0 cm³/mol. The highest BCUT2D eigenvalue weighted by Crippen LogP contribution is 2.28. The van der Waals surface area contributed by atoms with E-state index in [2.05, 4.69) is 4.72 Å². The predicted octanol–water partition coefficient (Wildman–Crippen LogP) is 1.08. The van der Waals surface area contributed by atoms with Crippen molar-refractivity contribution in [1.82, 2.24) is 4.72 Å². The summed E-state index contributed by atoms with van der Waals surface area (Å²) in [6, 6.07) is 5.52. The molecule has 1 aromatic rings. The SMILES string of the molecule is O=S(=O)(NCC1CC1)c1ccc(O)cc1. The standard InChI is InChI=1S/C10H13NO3S/c12-9-3-5-10(6-4-9)15(13,14)11-7-8-1-2-8/h3-6,8,11-12H,1-2,7H2. The molecule has 0 heterocycles. The number of rotatable bonds is 4. The van der Waals surface area contributed by atoms with Gasteiger partial charge in [0, 0.05) is 6.54 Å². The fourth-order valence-electron chi connectivity index (χ4n) is 1.26. The zero-order valence-corrected chi connectivity index (χ0v) is 9.00. The van der Waals surface area contributed by atoms with Gasteiger partial charge in [-0.25, -0.2) is 13.1 Å². The molecule has 5 heteroatoms. The molecule has 15 heavy (non-hydrogen) atoms. The van der Waals surface area contributed by atoms with E-state index in [0.29, 0.717) is 12.5 Å². The van der Waals surface area contributed by atoms with E-state index in [0.717, 1.165) is 12.8 Å². The van der Waals surface area contributed by atoms with Crippen LogP contribution in [0.4, 0.5) is 0 Å². The van der Waals surface area contributed by atoms with Crippen LogP contribution in [0.1, 0.15) is 12.8 Å². The number of sulfonamides is 1. The Hall–Kier alpha value is -1.07. The Balaban J connectivity index is 2.09. The third-order valence-electron chi connectivity index (χ3n) is 2.41. The van der Waals surface area contributed by atoms with Crippen molar-refractivity contribution < 1.29 is 13.5 Å². The third-order valence-corrected chi connectivity index (χ3v) is 3.85. The molecule has 0 aromatic heterocycles. The van der Waals surface area contributed by atoms with Crippen molar-refractivity contribution in [3.8, 4) is 5.75 Å². The van der Waals surface area contributed by atoms with Gasteiger partial charge in [0.05, 0.1) is 4.90 Å². The fraction of sp³-hybridized carbons (Fsp3) is 0.400. The maximum atomic E-state index is 11.7. The zero-order chi connectivity index (χ0) is 10.9. The summed E-state index contributed by atoms with van der Waals surface area (Å²) in [5.41, 5.74) is 0. The van der Waals surface area contributed by atoms with Gasteiger partial charge in [-0.05, 0) is 43.0 Å². The Labute approximate surface area is 89.0 Å². The lowest BCUT2D eigenvalue weighted by molar-refractivity contribution is 0.474. The van der Waals surface area contributed by atoms with Crippen LogP contribution in [0.5, 0.6) is 5.75 Å². The van der Waals surface area contributed by atoms with E-state index in [-0.39, 0.29) is 10.6 Å². The van der Waals surface area contributed by atoms with Crippen LogP contribution >= 0.6 is 0 Å². The molecule has 1 aliphatic carbocycles. The van der Waals surface area contributed by atoms with E-state index in [9.17, 15) is 8.42 Å². The quantitative estimate of drug-likeness (QED) is 0.809. The summed E-state index contributed by atoms with van der Waals surface area (Å²) in [5.74, 6) is 0.577. The van der Waals surface area contributed by atoms with Crippen molar-refractivity contribution >= 4 is 10.0 Å². The van der Waals surface area contributed by atoms with Gasteiger partial charge in [0.25, 0.3) is 0 Å². The monoisotopic (exact) mass is 227 g/mol. The summed E-state index contributed by atoms with van der Waals surface area (Å²) < 4.78 is 25.9. The smallest absolute Gasteiger partial charge is 0.240 e. The first-order chi connectivity index (χ1) is 7.08. The van der Waals surface area contributed by atoms with Crippen molar-refractivity contribution in [2.24, 2.45) is 5.92 Å². The largest absolute Gasteiger partial charge is 0.508 e. The van der Waals surface area contributed by atoms with E-state index in [1.54, 1.807) is 0 Å². The molecular formula is C10H13NO3S. The molecule has 82 valence electrons. The van der Waals surface area contributed by atoms with E-state index in [1.165, 1.54) is 24.3 Å². The van der Waals surface area contributed by atoms with Crippen LogP contribution in [0.3, 0.4) is 0 Å². The number of phenols is 1. The van der Waals surface area contributed by atoms with Crippen LogP contribution < -0.4 is 4.72 Å². The van der Waals surface area contributed by atoms with Crippen LogP contribution in [0, 0.1) is 5.92 Å². The Bertz CT molecular complexity index is 434. The van der Waals surface area contributed by atoms with Crippen molar-refractivity contribution in [2.75, 3.05) is 6.54 Å². The van der Waals surface area contributed by atoms with E-state index in [4.69, 9.17) is 5.11 Å². The van der Waals surface area contributed by atoms with Gasteiger partial charge < -0.3 is 5.11 Å². The van der Waals surface area contributed by atoms with Gasteiger partial charge in [0.15, 0.2) is 0 Å². The van der Waals surface area contributed by atoms with E-state index < -0.39 is 10.0 Å². The Morgan fingerprint density at radius 1 is 1.27 bits per heavy atom. The second-order valence-corrected chi connectivity index (χ2v) is 5.56. The lowest BCUT2D eigenvalue weighted by Crippen LogP contribution is -2.25. The molecule has 0 bridgehead atoms. The van der Waals surface area contributed by atoms with E-state index in [1.807, 2.05) is 0 Å². The van der Waals surface area contributed by atoms with Crippen LogP contribution in [-0.4, -0.2) is 20.1 Å². The van der Waals surface area contributed by atoms with Gasteiger partial charge in [-0.15, -0.1) is 0 Å². The van der Waals surface area contributed by atoms with Gasteiger partial charge in [-0.1, -0.05) is 0 Å². The summed E-state index contributed by atoms with van der Waals surface area (Å²) in [7, 11) is -3.39. The zero-order valence-electron chi connectivity index (χ0n) is 8.18. The normalized spacial score (nSPS) is 16.5. The molecule has 0 aliphatic heterocycles. The number of nitrogens with one attached hydrogen (secondary N) is 1. The second kappa shape index (κ2) is 3.83. The molecule has 0 radical (unpaired) electrons. The van der Waals surface area contributed by atoms with Crippen molar-refractivity contribution in [1.29, 1.82) is 0 Å². The van der Waals surface area contributed by atoms with Gasteiger partial charge in [0.1, 0.15) is 5.75 Å². The molecule has 1 aliphatic rings. The fourth-order valence-corrected chi connectivity index (χ4v) is 2.37. The molecule has 1 aromatic carbocycles. The minimum atomic E-state index is -3.39. The molecule has 0 unspecified atom stereocenters. The van der Waals surface area contributed by atoms with Crippen LogP contribution in [0.15, 0.2) is 29.2 Å². The molecule has 0 saturated heterocycles. The van der Waals surface area contributed by atoms with Crippen LogP contribution in [-0.2, 0) is 10.0 Å². The molecular weight excluding hydrogens is 214 g/mol. The van der Waals surface area contributed by atoms with Gasteiger partial charge in [0.2, 0.25) is 10.0 Å². The molecule has 2 N–H and O–H groups in total. The summed E-state index contributed by atoms with van der Waals surface area (Å²) in [4.78, 5) is 0.195. The third kappa shape index (κ3) is 2.70. The second-order valence-electron chi connectivity index (χ2n) is 3.79. The lowest BCUT2D eigenvalue weighted by Gasteiger charge is -2.05. The Morgan fingerprint density at radius 2 is 1.87 bits per heavy atom. The van der Waals surface area contributed by atoms with Gasteiger partial charge in [-0.3, -0.25) is 0 Å². The van der Waals surface area contributed by atoms with Crippen molar-refractivity contribution in [2.45, 2.75) is 17.7 Å². The van der Waals surface area contributed by atoms with Gasteiger partial charge >= 0.3 is 0 Å². The first-order valence-electron chi connectivity index (χ1n) is 4.86. The number of aromatic hydroxyl groups is 1. The molecule has 0 atom stereocenters. The number of hydrogen-bond donors (Lipinski definition) is 2. The van der Waals surface area contributed by atoms with Crippen LogP contribution in [0.2, 0.25) is 0 Å². The van der Waals surface area contributed by atoms with Gasteiger partial charge in [-0.2, -0.15) is 0 Å². The Morgan fingerprint density at radius 3 is 2.40 bits per heavy atom. The average molecular weight is 227 g/mol. The molecule has 1 saturated carbocycles. The number of phenolic OH excluding ortho intramolecular Hbond substituents is 1. The van der Waals surface area contributed by atoms with E-state index >= 15 is 0 Å². The summed E-state index contributed by atoms with van der Waals surface area (Å²) in [5, 5.41) is 9.04.